The normalized spacial score (nSPS) is 11.0. The number of furan rings is 1. The van der Waals surface area contributed by atoms with E-state index in [0.29, 0.717) is 30.6 Å². The second kappa shape index (κ2) is 8.68. The van der Waals surface area contributed by atoms with Crippen molar-refractivity contribution in [2.75, 3.05) is 6.61 Å². The van der Waals surface area contributed by atoms with Crippen LogP contribution in [0.2, 0.25) is 5.15 Å². The molecular formula is C22H19ClN2O3S. The average Bonchev–Trinajstić information content (AvgIpc) is 3.42. The summed E-state index contributed by atoms with van der Waals surface area (Å²) in [7, 11) is 0. The standard InChI is InChI=1S/C22H19ClN2O3S/c1-2-27-17-7-8-19-15(12-17)11-16(21(23)24-19)13-25(14-18-5-4-10-29-18)22(26)20-6-3-9-28-20/h3-12H,2,13-14H2,1H3. The fourth-order valence-electron chi connectivity index (χ4n) is 3.09. The number of ether oxygens (including phenoxy) is 1. The van der Waals surface area contributed by atoms with Crippen molar-refractivity contribution < 1.29 is 13.9 Å². The first-order valence-corrected chi connectivity index (χ1v) is 10.5. The van der Waals surface area contributed by atoms with Crippen LogP contribution in [0, 0.1) is 0 Å². The minimum Gasteiger partial charge on any atom is -0.494 e. The lowest BCUT2D eigenvalue weighted by atomic mass is 10.1. The van der Waals surface area contributed by atoms with Gasteiger partial charge in [-0.3, -0.25) is 4.79 Å². The monoisotopic (exact) mass is 426 g/mol. The van der Waals surface area contributed by atoms with Crippen LogP contribution in [-0.4, -0.2) is 22.4 Å². The van der Waals surface area contributed by atoms with Gasteiger partial charge in [0.2, 0.25) is 0 Å². The van der Waals surface area contributed by atoms with E-state index in [0.717, 1.165) is 27.1 Å². The first kappa shape index (κ1) is 19.5. The molecule has 7 heteroatoms. The number of aromatic nitrogens is 1. The molecule has 5 nitrogen and oxygen atoms in total. The number of rotatable bonds is 7. The van der Waals surface area contributed by atoms with Crippen molar-refractivity contribution in [1.29, 1.82) is 0 Å². The van der Waals surface area contributed by atoms with Gasteiger partial charge in [0.15, 0.2) is 5.76 Å². The summed E-state index contributed by atoms with van der Waals surface area (Å²) in [6, 6.07) is 15.0. The quantitative estimate of drug-likeness (QED) is 0.351. The topological polar surface area (TPSA) is 55.6 Å². The number of benzene rings is 1. The maximum absolute atomic E-state index is 13.0. The Hall–Kier alpha value is -2.83. The van der Waals surface area contributed by atoms with Crippen molar-refractivity contribution in [3.8, 4) is 5.75 Å². The summed E-state index contributed by atoms with van der Waals surface area (Å²) >= 11 is 8.06. The molecule has 0 fully saturated rings. The lowest BCUT2D eigenvalue weighted by Crippen LogP contribution is -2.29. The molecule has 0 aliphatic carbocycles. The van der Waals surface area contributed by atoms with E-state index in [4.69, 9.17) is 20.8 Å². The molecule has 0 radical (unpaired) electrons. The van der Waals surface area contributed by atoms with E-state index >= 15 is 0 Å². The van der Waals surface area contributed by atoms with Gasteiger partial charge < -0.3 is 14.1 Å². The molecule has 0 aliphatic rings. The lowest BCUT2D eigenvalue weighted by Gasteiger charge is -2.22. The zero-order chi connectivity index (χ0) is 20.2. The second-order valence-electron chi connectivity index (χ2n) is 6.44. The number of hydrogen-bond donors (Lipinski definition) is 0. The fourth-order valence-corrected chi connectivity index (χ4v) is 4.02. The molecule has 3 heterocycles. The van der Waals surface area contributed by atoms with Crippen LogP contribution >= 0.6 is 22.9 Å². The SMILES string of the molecule is CCOc1ccc2nc(Cl)c(CN(Cc3cccs3)C(=O)c3ccco3)cc2c1. The lowest BCUT2D eigenvalue weighted by molar-refractivity contribution is 0.0699. The van der Waals surface area contributed by atoms with Gasteiger partial charge in [0.1, 0.15) is 10.9 Å². The van der Waals surface area contributed by atoms with Gasteiger partial charge in [0.05, 0.1) is 24.9 Å². The Kier molecular flexibility index (Phi) is 5.83. The summed E-state index contributed by atoms with van der Waals surface area (Å²) in [6.45, 7) is 3.31. The Morgan fingerprint density at radius 1 is 1.21 bits per heavy atom. The molecule has 0 bridgehead atoms. The number of hydrogen-bond acceptors (Lipinski definition) is 5. The minimum atomic E-state index is -0.192. The Labute approximate surface area is 177 Å². The number of thiophene rings is 1. The summed E-state index contributed by atoms with van der Waals surface area (Å²) in [5, 5.41) is 3.28. The third kappa shape index (κ3) is 4.44. The van der Waals surface area contributed by atoms with Crippen LogP contribution in [0.4, 0.5) is 0 Å². The molecule has 4 rings (SSSR count). The van der Waals surface area contributed by atoms with Crippen molar-refractivity contribution in [3.05, 3.63) is 81.5 Å². The average molecular weight is 427 g/mol. The summed E-state index contributed by atoms with van der Waals surface area (Å²) in [5.74, 6) is 0.880. The van der Waals surface area contributed by atoms with Gasteiger partial charge in [-0.15, -0.1) is 11.3 Å². The molecule has 0 aliphatic heterocycles. The molecule has 0 atom stereocenters. The molecule has 1 aromatic carbocycles. The van der Waals surface area contributed by atoms with E-state index in [9.17, 15) is 4.79 Å². The summed E-state index contributed by atoms with van der Waals surface area (Å²) in [6.07, 6.45) is 1.50. The molecule has 0 spiro atoms. The maximum Gasteiger partial charge on any atom is 0.290 e. The van der Waals surface area contributed by atoms with Crippen LogP contribution in [0.5, 0.6) is 5.75 Å². The molecular weight excluding hydrogens is 408 g/mol. The van der Waals surface area contributed by atoms with Gasteiger partial charge in [-0.25, -0.2) is 4.98 Å². The highest BCUT2D eigenvalue weighted by atomic mass is 35.5. The third-order valence-electron chi connectivity index (χ3n) is 4.43. The number of pyridine rings is 1. The zero-order valence-corrected chi connectivity index (χ0v) is 17.4. The Morgan fingerprint density at radius 3 is 2.83 bits per heavy atom. The number of carbonyl (C=O) groups excluding carboxylic acids is 1. The van der Waals surface area contributed by atoms with Gasteiger partial charge in [-0.1, -0.05) is 17.7 Å². The maximum atomic E-state index is 13.0. The number of amides is 1. The number of halogens is 1. The van der Waals surface area contributed by atoms with E-state index in [1.165, 1.54) is 6.26 Å². The largest absolute Gasteiger partial charge is 0.494 e. The number of nitrogens with zero attached hydrogens (tertiary/aromatic N) is 2. The second-order valence-corrected chi connectivity index (χ2v) is 7.83. The zero-order valence-electron chi connectivity index (χ0n) is 15.8. The Balaban J connectivity index is 1.67. The predicted octanol–water partition coefficient (Wildman–Crippen LogP) is 5.78. The molecule has 148 valence electrons. The van der Waals surface area contributed by atoms with Gasteiger partial charge in [-0.2, -0.15) is 0 Å². The van der Waals surface area contributed by atoms with E-state index in [1.54, 1.807) is 28.4 Å². The van der Waals surface area contributed by atoms with Crippen molar-refractivity contribution in [1.82, 2.24) is 9.88 Å². The van der Waals surface area contributed by atoms with Gasteiger partial charge in [0, 0.05) is 22.4 Å². The van der Waals surface area contributed by atoms with Crippen LogP contribution in [0.1, 0.15) is 27.9 Å². The van der Waals surface area contributed by atoms with Crippen molar-refractivity contribution in [2.24, 2.45) is 0 Å². The molecule has 0 saturated carbocycles. The van der Waals surface area contributed by atoms with Gasteiger partial charge in [0.25, 0.3) is 5.91 Å². The van der Waals surface area contributed by atoms with Crippen LogP contribution in [0.25, 0.3) is 10.9 Å². The molecule has 0 unspecified atom stereocenters. The highest BCUT2D eigenvalue weighted by Crippen LogP contribution is 2.27. The molecule has 1 amide bonds. The van der Waals surface area contributed by atoms with Crippen LogP contribution in [0.3, 0.4) is 0 Å². The van der Waals surface area contributed by atoms with E-state index in [-0.39, 0.29) is 5.91 Å². The Bertz CT molecular complexity index is 1110. The van der Waals surface area contributed by atoms with Crippen molar-refractivity contribution >= 4 is 39.7 Å². The molecule has 4 aromatic rings. The molecule has 29 heavy (non-hydrogen) atoms. The number of fused-ring (bicyclic) bond motifs is 1. The predicted molar refractivity (Wildman–Crippen MR) is 115 cm³/mol. The molecule has 0 N–H and O–H groups in total. The van der Waals surface area contributed by atoms with Gasteiger partial charge in [-0.05, 0) is 54.8 Å². The van der Waals surface area contributed by atoms with Crippen molar-refractivity contribution in [3.63, 3.8) is 0 Å². The molecule has 0 saturated heterocycles. The van der Waals surface area contributed by atoms with Crippen LogP contribution in [0.15, 0.2) is 64.6 Å². The van der Waals surface area contributed by atoms with E-state index in [1.807, 2.05) is 48.7 Å². The molecule has 3 aromatic heterocycles. The number of carbonyl (C=O) groups is 1. The van der Waals surface area contributed by atoms with Crippen LogP contribution < -0.4 is 4.74 Å². The van der Waals surface area contributed by atoms with E-state index in [2.05, 4.69) is 4.98 Å². The highest BCUT2D eigenvalue weighted by molar-refractivity contribution is 7.09. The Morgan fingerprint density at radius 2 is 2.10 bits per heavy atom. The summed E-state index contributed by atoms with van der Waals surface area (Å²) < 4.78 is 10.9. The van der Waals surface area contributed by atoms with Crippen molar-refractivity contribution in [2.45, 2.75) is 20.0 Å². The third-order valence-corrected chi connectivity index (χ3v) is 5.62. The van der Waals surface area contributed by atoms with E-state index < -0.39 is 0 Å². The fraction of sp³-hybridized carbons (Fsp3) is 0.182. The first-order chi connectivity index (χ1) is 14.1. The summed E-state index contributed by atoms with van der Waals surface area (Å²) in [4.78, 5) is 20.3. The first-order valence-electron chi connectivity index (χ1n) is 9.21. The smallest absolute Gasteiger partial charge is 0.290 e. The van der Waals surface area contributed by atoms with Crippen LogP contribution in [-0.2, 0) is 13.1 Å². The van der Waals surface area contributed by atoms with Gasteiger partial charge >= 0.3 is 0 Å². The summed E-state index contributed by atoms with van der Waals surface area (Å²) in [5.41, 5.74) is 1.55. The highest BCUT2D eigenvalue weighted by Gasteiger charge is 2.21. The minimum absolute atomic E-state index is 0.192.